The van der Waals surface area contributed by atoms with E-state index in [1.165, 1.54) is 30.3 Å². The third kappa shape index (κ3) is 3.57. The molecule has 2 saturated heterocycles. The monoisotopic (exact) mass is 620 g/mol. The van der Waals surface area contributed by atoms with Gasteiger partial charge in [-0.3, -0.25) is 19.2 Å². The van der Waals surface area contributed by atoms with Crippen molar-refractivity contribution < 1.29 is 38.2 Å². The normalized spacial score (nSPS) is 32.5. The molecule has 41 heavy (non-hydrogen) atoms. The largest absolute Gasteiger partial charge is 0.508 e. The Morgan fingerprint density at radius 2 is 1.71 bits per heavy atom. The van der Waals surface area contributed by atoms with Crippen molar-refractivity contribution in [1.82, 2.24) is 4.90 Å². The molecule has 2 aliphatic carbocycles. The van der Waals surface area contributed by atoms with Gasteiger partial charge in [0.25, 0.3) is 11.8 Å². The Bertz CT molecular complexity index is 1600. The second-order valence-electron chi connectivity index (χ2n) is 10.4. The third-order valence-electron chi connectivity index (χ3n) is 8.55. The number of phenols is 1. The number of hydrogen-bond acceptors (Lipinski definition) is 7. The molecule has 212 valence electrons. The number of carbonyl (C=O) groups is 5. The SMILES string of the molecule is COC(=O)N1C(=O)[C@H]2[C@H](CC=C3[C@H]2C[C@@]2(Cl)C(=O)N(c4ccc(F)cc4)C(=O)[C@@]2(Cl)[C@H]3c2cc(Cl)ccc2O)C1=O. The molecular formula is C28H20Cl3FN2O7. The second kappa shape index (κ2) is 9.27. The van der Waals surface area contributed by atoms with Crippen molar-refractivity contribution in [3.05, 3.63) is 70.5 Å². The van der Waals surface area contributed by atoms with E-state index >= 15 is 0 Å². The van der Waals surface area contributed by atoms with Crippen molar-refractivity contribution in [3.63, 3.8) is 0 Å². The van der Waals surface area contributed by atoms with Gasteiger partial charge in [-0.2, -0.15) is 4.90 Å². The first-order valence-corrected chi connectivity index (χ1v) is 13.7. The van der Waals surface area contributed by atoms with Crippen LogP contribution < -0.4 is 4.90 Å². The molecule has 0 bridgehead atoms. The molecule has 6 rings (SSSR count). The Balaban J connectivity index is 1.57. The number of hydrogen-bond donors (Lipinski definition) is 1. The van der Waals surface area contributed by atoms with E-state index in [1.54, 1.807) is 6.08 Å². The van der Waals surface area contributed by atoms with Gasteiger partial charge in [-0.05, 0) is 61.2 Å². The number of alkyl halides is 2. The molecular weight excluding hydrogens is 602 g/mol. The fourth-order valence-corrected chi connectivity index (χ4v) is 7.88. The van der Waals surface area contributed by atoms with Gasteiger partial charge >= 0.3 is 6.09 Å². The average molecular weight is 622 g/mol. The van der Waals surface area contributed by atoms with Crippen molar-refractivity contribution in [1.29, 1.82) is 0 Å². The predicted molar refractivity (Wildman–Crippen MR) is 144 cm³/mol. The van der Waals surface area contributed by atoms with Gasteiger partial charge in [0, 0.05) is 16.5 Å². The van der Waals surface area contributed by atoms with E-state index in [9.17, 15) is 33.5 Å². The van der Waals surface area contributed by atoms with Crippen LogP contribution in [0.2, 0.25) is 5.02 Å². The molecule has 0 radical (unpaired) electrons. The highest BCUT2D eigenvalue weighted by Crippen LogP contribution is 2.66. The first kappa shape index (κ1) is 27.7. The summed E-state index contributed by atoms with van der Waals surface area (Å²) in [5.74, 6) is -8.60. The summed E-state index contributed by atoms with van der Waals surface area (Å²) in [6.07, 6.45) is 0.164. The topological polar surface area (TPSA) is 121 Å². The molecule has 3 fully saturated rings. The van der Waals surface area contributed by atoms with Crippen LogP contribution in [-0.4, -0.2) is 56.6 Å². The molecule has 2 aromatic rings. The summed E-state index contributed by atoms with van der Waals surface area (Å²) in [6, 6.07) is 8.69. The zero-order valence-electron chi connectivity index (χ0n) is 21.1. The van der Waals surface area contributed by atoms with E-state index in [4.69, 9.17) is 34.8 Å². The van der Waals surface area contributed by atoms with Gasteiger partial charge in [0.1, 0.15) is 11.6 Å². The molecule has 9 nitrogen and oxygen atoms in total. The number of anilines is 1. The number of carbonyl (C=O) groups excluding carboxylic acids is 5. The Morgan fingerprint density at radius 1 is 1.02 bits per heavy atom. The van der Waals surface area contributed by atoms with Crippen LogP contribution in [0.5, 0.6) is 5.75 Å². The molecule has 6 atom stereocenters. The predicted octanol–water partition coefficient (Wildman–Crippen LogP) is 4.51. The van der Waals surface area contributed by atoms with E-state index < -0.39 is 69.0 Å². The lowest BCUT2D eigenvalue weighted by Crippen LogP contribution is -2.60. The Hall–Kier alpha value is -3.47. The number of benzene rings is 2. The Morgan fingerprint density at radius 3 is 2.37 bits per heavy atom. The molecule has 2 aliphatic heterocycles. The summed E-state index contributed by atoms with van der Waals surface area (Å²) in [6.45, 7) is 0. The number of imide groups is 4. The fraction of sp³-hybridized carbons (Fsp3) is 0.321. The maximum Gasteiger partial charge on any atom is 0.423 e. The van der Waals surface area contributed by atoms with Crippen LogP contribution in [0, 0.1) is 23.6 Å². The molecule has 2 aromatic carbocycles. The molecule has 0 spiro atoms. The van der Waals surface area contributed by atoms with Gasteiger partial charge in [0.15, 0.2) is 9.75 Å². The minimum absolute atomic E-state index is 0.0124. The van der Waals surface area contributed by atoms with Gasteiger partial charge < -0.3 is 9.84 Å². The van der Waals surface area contributed by atoms with Crippen molar-refractivity contribution in [2.45, 2.75) is 28.5 Å². The van der Waals surface area contributed by atoms with Crippen LogP contribution >= 0.6 is 34.8 Å². The minimum atomic E-state index is -2.23. The van der Waals surface area contributed by atoms with Crippen LogP contribution in [0.25, 0.3) is 0 Å². The summed E-state index contributed by atoms with van der Waals surface area (Å²) in [7, 11) is 1.04. The lowest BCUT2D eigenvalue weighted by atomic mass is 9.56. The summed E-state index contributed by atoms with van der Waals surface area (Å²) < 4.78 is 18.3. The van der Waals surface area contributed by atoms with Gasteiger partial charge in [-0.25, -0.2) is 14.1 Å². The average Bonchev–Trinajstić information content (AvgIpc) is 3.28. The van der Waals surface area contributed by atoms with Crippen LogP contribution in [0.3, 0.4) is 0 Å². The van der Waals surface area contributed by atoms with E-state index in [-0.39, 0.29) is 34.9 Å². The Labute approximate surface area is 247 Å². The van der Waals surface area contributed by atoms with Crippen molar-refractivity contribution in [3.8, 4) is 5.75 Å². The number of ether oxygens (including phenoxy) is 1. The van der Waals surface area contributed by atoms with Crippen molar-refractivity contribution in [2.75, 3.05) is 12.0 Å². The molecule has 4 aliphatic rings. The van der Waals surface area contributed by atoms with Gasteiger partial charge in [0.05, 0.1) is 24.6 Å². The maximum absolute atomic E-state index is 14.2. The fourth-order valence-electron chi connectivity index (χ4n) is 6.77. The molecule has 0 unspecified atom stereocenters. The summed E-state index contributed by atoms with van der Waals surface area (Å²) in [5.41, 5.74) is 0.490. The Kier molecular flexibility index (Phi) is 6.26. The molecule has 13 heteroatoms. The summed E-state index contributed by atoms with van der Waals surface area (Å²) in [5, 5.41) is 11.1. The molecule has 1 N–H and O–H groups in total. The summed E-state index contributed by atoms with van der Waals surface area (Å²) >= 11 is 20.6. The molecule has 0 aromatic heterocycles. The lowest BCUT2D eigenvalue weighted by Gasteiger charge is -2.50. The third-order valence-corrected chi connectivity index (χ3v) is 10.2. The molecule has 5 amide bonds. The van der Waals surface area contributed by atoms with E-state index in [2.05, 4.69) is 4.74 Å². The number of nitrogens with zero attached hydrogens (tertiary/aromatic N) is 2. The second-order valence-corrected chi connectivity index (χ2v) is 12.1. The van der Waals surface area contributed by atoms with Crippen LogP contribution in [-0.2, 0) is 23.9 Å². The zero-order valence-corrected chi connectivity index (χ0v) is 23.4. The lowest BCUT2D eigenvalue weighted by molar-refractivity contribution is -0.138. The van der Waals surface area contributed by atoms with Crippen molar-refractivity contribution in [2.24, 2.45) is 17.8 Å². The highest BCUT2D eigenvalue weighted by Gasteiger charge is 2.77. The maximum atomic E-state index is 14.2. The zero-order chi connectivity index (χ0) is 29.6. The number of phenolic OH excluding ortho intramolecular Hbond substituents is 1. The number of methoxy groups -OCH3 is 1. The molecule has 2 heterocycles. The smallest absolute Gasteiger partial charge is 0.423 e. The number of halogens is 4. The van der Waals surface area contributed by atoms with Crippen molar-refractivity contribution >= 4 is 70.2 Å². The number of rotatable bonds is 2. The van der Waals surface area contributed by atoms with E-state index in [1.807, 2.05) is 0 Å². The van der Waals surface area contributed by atoms with Gasteiger partial charge in [-0.15, -0.1) is 23.2 Å². The van der Waals surface area contributed by atoms with Gasteiger partial charge in [0.2, 0.25) is 11.8 Å². The van der Waals surface area contributed by atoms with Crippen LogP contribution in [0.15, 0.2) is 54.1 Å². The molecule has 1 saturated carbocycles. The summed E-state index contributed by atoms with van der Waals surface area (Å²) in [4.78, 5) is 64.1. The minimum Gasteiger partial charge on any atom is -0.508 e. The first-order valence-electron chi connectivity index (χ1n) is 12.5. The van der Waals surface area contributed by atoms with E-state index in [0.717, 1.165) is 24.1 Å². The number of fused-ring (bicyclic) bond motifs is 4. The van der Waals surface area contributed by atoms with Crippen LogP contribution in [0.4, 0.5) is 14.9 Å². The number of likely N-dealkylation sites (tertiary alicyclic amines) is 1. The highest BCUT2D eigenvalue weighted by molar-refractivity contribution is 6.58. The van der Waals surface area contributed by atoms with Gasteiger partial charge in [-0.1, -0.05) is 23.3 Å². The standard InChI is InChI=1S/C28H20Cl3FN2O7/c1-41-26(40)34-22(36)16-8-7-15-18(20(16)23(34)37)11-27(30)24(38)33(14-5-3-13(32)4-6-14)25(39)28(27,31)21(15)17-10-12(29)2-9-19(17)35/h2-7,9-10,16,18,20-21,35H,8,11H2,1H3/t16-,18+,20-,21+,27+,28-/m0/s1. The number of allylic oxidation sites excluding steroid dienone is 2. The van der Waals surface area contributed by atoms with Crippen LogP contribution in [0.1, 0.15) is 24.3 Å². The quantitative estimate of drug-likeness (QED) is 0.298. The highest BCUT2D eigenvalue weighted by atomic mass is 35.5. The number of amides is 5. The number of aromatic hydroxyl groups is 1. The van der Waals surface area contributed by atoms with E-state index in [0.29, 0.717) is 10.5 Å². The first-order chi connectivity index (χ1) is 19.4.